The van der Waals surface area contributed by atoms with Gasteiger partial charge in [0.1, 0.15) is 4.90 Å². The molecule has 1 aromatic carbocycles. The summed E-state index contributed by atoms with van der Waals surface area (Å²) in [5.74, 6) is 0. The minimum Gasteiger partial charge on any atom is -0.398 e. The molecule has 0 saturated carbocycles. The lowest BCUT2D eigenvalue weighted by Crippen LogP contribution is -2.48. The number of nitrogens with zero attached hydrogens (tertiary/aromatic N) is 2. The molecular weight excluding hydrogens is 276 g/mol. The average molecular weight is 296 g/mol. The summed E-state index contributed by atoms with van der Waals surface area (Å²) in [6, 6.07) is 6.05. The molecule has 1 rings (SSSR count). The van der Waals surface area contributed by atoms with E-state index in [1.165, 1.54) is 18.2 Å². The second-order valence-electron chi connectivity index (χ2n) is 5.40. The van der Waals surface area contributed by atoms with Gasteiger partial charge in [0.05, 0.1) is 17.3 Å². The van der Waals surface area contributed by atoms with Gasteiger partial charge in [0, 0.05) is 12.1 Å². The van der Waals surface area contributed by atoms with Crippen LogP contribution in [0.1, 0.15) is 19.4 Å². The van der Waals surface area contributed by atoms with E-state index >= 15 is 0 Å². The molecule has 0 atom stereocenters. The molecule has 3 N–H and O–H groups in total. The lowest BCUT2D eigenvalue weighted by molar-refractivity contribution is 0.199. The monoisotopic (exact) mass is 296 g/mol. The number of likely N-dealkylation sites (N-methyl/N-ethyl adjacent to an activating group) is 1. The molecule has 0 saturated heterocycles. The van der Waals surface area contributed by atoms with Crippen molar-refractivity contribution in [2.24, 2.45) is 0 Å². The summed E-state index contributed by atoms with van der Waals surface area (Å²) in [6.07, 6.45) is 0. The first-order valence-electron chi connectivity index (χ1n) is 6.07. The van der Waals surface area contributed by atoms with Gasteiger partial charge in [0.2, 0.25) is 10.0 Å². The van der Waals surface area contributed by atoms with E-state index in [9.17, 15) is 8.42 Å². The highest BCUT2D eigenvalue weighted by Crippen LogP contribution is 2.20. The minimum atomic E-state index is -3.69. The third-order valence-electron chi connectivity index (χ3n) is 3.33. The first-order valence-corrected chi connectivity index (χ1v) is 7.55. The van der Waals surface area contributed by atoms with Crippen LogP contribution in [0.15, 0.2) is 23.1 Å². The predicted molar refractivity (Wildman–Crippen MR) is 78.5 cm³/mol. The summed E-state index contributed by atoms with van der Waals surface area (Å²) in [4.78, 5) is 1.92. The molecule has 0 aliphatic rings. The third-order valence-corrected chi connectivity index (χ3v) is 4.81. The fourth-order valence-electron chi connectivity index (χ4n) is 1.37. The SMILES string of the molecule is CN(C)C(C)(C)CNS(=O)(=O)c1ccc(C#N)cc1N. The Bertz CT molecular complexity index is 630. The van der Waals surface area contributed by atoms with Crippen molar-refractivity contribution in [2.45, 2.75) is 24.3 Å². The van der Waals surface area contributed by atoms with Crippen LogP contribution in [0, 0.1) is 11.3 Å². The molecule has 0 amide bonds. The molecule has 0 spiro atoms. The van der Waals surface area contributed by atoms with Crippen molar-refractivity contribution < 1.29 is 8.42 Å². The van der Waals surface area contributed by atoms with Gasteiger partial charge in [-0.1, -0.05) is 0 Å². The Morgan fingerprint density at radius 3 is 2.45 bits per heavy atom. The number of nitriles is 1. The quantitative estimate of drug-likeness (QED) is 0.781. The first kappa shape index (κ1) is 16.4. The Kier molecular flexibility index (Phi) is 4.76. The molecule has 0 fully saturated rings. The third kappa shape index (κ3) is 3.70. The summed E-state index contributed by atoms with van der Waals surface area (Å²) >= 11 is 0. The highest BCUT2D eigenvalue weighted by atomic mass is 32.2. The highest BCUT2D eigenvalue weighted by Gasteiger charge is 2.25. The molecule has 6 nitrogen and oxygen atoms in total. The first-order chi connectivity index (χ1) is 9.10. The summed E-state index contributed by atoms with van der Waals surface area (Å²) in [7, 11) is 0.0650. The van der Waals surface area contributed by atoms with Crippen LogP contribution in [0.4, 0.5) is 5.69 Å². The molecule has 0 bridgehead atoms. The topological polar surface area (TPSA) is 99.2 Å². The maximum Gasteiger partial charge on any atom is 0.242 e. The van der Waals surface area contributed by atoms with Crippen molar-refractivity contribution in [3.8, 4) is 6.07 Å². The van der Waals surface area contributed by atoms with Gasteiger partial charge < -0.3 is 10.6 Å². The fraction of sp³-hybridized carbons (Fsp3) is 0.462. The van der Waals surface area contributed by atoms with E-state index < -0.39 is 10.0 Å². The van der Waals surface area contributed by atoms with Gasteiger partial charge in [-0.25, -0.2) is 13.1 Å². The van der Waals surface area contributed by atoms with Crippen molar-refractivity contribution in [3.63, 3.8) is 0 Å². The van der Waals surface area contributed by atoms with Crippen molar-refractivity contribution in [2.75, 3.05) is 26.4 Å². The molecular formula is C13H20N4O2S. The number of nitrogens with one attached hydrogen (secondary N) is 1. The number of hydrogen-bond donors (Lipinski definition) is 2. The summed E-state index contributed by atoms with van der Waals surface area (Å²) in [6.45, 7) is 4.11. The molecule has 0 aliphatic carbocycles. The Morgan fingerprint density at radius 2 is 2.00 bits per heavy atom. The van der Waals surface area contributed by atoms with Crippen molar-refractivity contribution in [3.05, 3.63) is 23.8 Å². The van der Waals surface area contributed by atoms with Crippen LogP contribution in [0.25, 0.3) is 0 Å². The lowest BCUT2D eigenvalue weighted by atomic mass is 10.1. The van der Waals surface area contributed by atoms with Crippen LogP contribution < -0.4 is 10.5 Å². The summed E-state index contributed by atoms with van der Waals surface area (Å²) < 4.78 is 27.0. The Morgan fingerprint density at radius 1 is 1.40 bits per heavy atom. The Balaban J connectivity index is 2.99. The number of benzene rings is 1. The van der Waals surface area contributed by atoms with Crippen LogP contribution in [-0.4, -0.2) is 39.5 Å². The number of hydrogen-bond acceptors (Lipinski definition) is 5. The summed E-state index contributed by atoms with van der Waals surface area (Å²) in [5.41, 5.74) is 5.77. The van der Waals surface area contributed by atoms with Gasteiger partial charge in [-0.05, 0) is 46.1 Å². The van der Waals surface area contributed by atoms with Gasteiger partial charge in [0.15, 0.2) is 0 Å². The summed E-state index contributed by atoms with van der Waals surface area (Å²) in [5, 5.41) is 8.75. The van der Waals surface area contributed by atoms with Crippen LogP contribution in [-0.2, 0) is 10.0 Å². The Hall–Kier alpha value is -1.62. The minimum absolute atomic E-state index is 0.00828. The van der Waals surface area contributed by atoms with Crippen LogP contribution in [0.5, 0.6) is 0 Å². The molecule has 0 unspecified atom stereocenters. The van der Waals surface area contributed by atoms with Gasteiger partial charge in [-0.3, -0.25) is 0 Å². The smallest absolute Gasteiger partial charge is 0.242 e. The standard InChI is InChI=1S/C13H20N4O2S/c1-13(2,17(3)4)9-16-20(18,19)12-6-5-10(8-14)7-11(12)15/h5-7,16H,9,15H2,1-4H3. The zero-order valence-corrected chi connectivity index (χ0v) is 13.0. The second-order valence-corrected chi connectivity index (χ2v) is 7.13. The molecule has 0 aliphatic heterocycles. The highest BCUT2D eigenvalue weighted by molar-refractivity contribution is 7.89. The number of sulfonamides is 1. The maximum atomic E-state index is 12.2. The van der Waals surface area contributed by atoms with Gasteiger partial charge >= 0.3 is 0 Å². The van der Waals surface area contributed by atoms with Gasteiger partial charge in [-0.2, -0.15) is 5.26 Å². The van der Waals surface area contributed by atoms with Crippen molar-refractivity contribution in [1.29, 1.82) is 5.26 Å². The van der Waals surface area contributed by atoms with Crippen molar-refractivity contribution >= 4 is 15.7 Å². The molecule has 1 aromatic rings. The maximum absolute atomic E-state index is 12.2. The molecule has 20 heavy (non-hydrogen) atoms. The number of nitrogen functional groups attached to an aromatic ring is 1. The van der Waals surface area contributed by atoms with Crippen LogP contribution in [0.3, 0.4) is 0 Å². The fourth-order valence-corrected chi connectivity index (χ4v) is 2.69. The number of anilines is 1. The van der Waals surface area contributed by atoms with Crippen molar-refractivity contribution in [1.82, 2.24) is 9.62 Å². The van der Waals surface area contributed by atoms with E-state index in [0.29, 0.717) is 5.56 Å². The molecule has 0 radical (unpaired) electrons. The molecule has 110 valence electrons. The predicted octanol–water partition coefficient (Wildman–Crippen LogP) is 0.759. The largest absolute Gasteiger partial charge is 0.398 e. The normalized spacial score (nSPS) is 12.4. The van der Waals surface area contributed by atoms with Crippen LogP contribution >= 0.6 is 0 Å². The van der Waals surface area contributed by atoms with E-state index in [4.69, 9.17) is 11.0 Å². The number of rotatable bonds is 5. The van der Waals surface area contributed by atoms with E-state index in [2.05, 4.69) is 4.72 Å². The van der Waals surface area contributed by atoms with E-state index in [1.54, 1.807) is 0 Å². The molecule has 0 heterocycles. The number of nitrogens with two attached hydrogens (primary N) is 1. The molecule has 7 heteroatoms. The average Bonchev–Trinajstić information content (AvgIpc) is 2.36. The second kappa shape index (κ2) is 5.79. The van der Waals surface area contributed by atoms with Gasteiger partial charge in [0.25, 0.3) is 0 Å². The molecule has 0 aromatic heterocycles. The van der Waals surface area contributed by atoms with Crippen LogP contribution in [0.2, 0.25) is 0 Å². The van der Waals surface area contributed by atoms with E-state index in [1.807, 2.05) is 38.9 Å². The van der Waals surface area contributed by atoms with E-state index in [0.717, 1.165) is 0 Å². The van der Waals surface area contributed by atoms with E-state index in [-0.39, 0.29) is 22.7 Å². The zero-order chi connectivity index (χ0) is 15.6. The van der Waals surface area contributed by atoms with Gasteiger partial charge in [-0.15, -0.1) is 0 Å². The lowest BCUT2D eigenvalue weighted by Gasteiger charge is -2.32. The zero-order valence-electron chi connectivity index (χ0n) is 12.1. The Labute approximate surface area is 120 Å².